The zero-order valence-corrected chi connectivity index (χ0v) is 11.2. The van der Waals surface area contributed by atoms with Gasteiger partial charge >= 0.3 is 0 Å². The normalized spacial score (nSPS) is 14.3. The topological polar surface area (TPSA) is 62.7 Å². The summed E-state index contributed by atoms with van der Waals surface area (Å²) < 4.78 is 1.02. The van der Waals surface area contributed by atoms with Crippen LogP contribution in [0.5, 0.6) is 0 Å². The Hall–Kier alpha value is -1.69. The lowest BCUT2D eigenvalue weighted by Crippen LogP contribution is -2.07. The van der Waals surface area contributed by atoms with Crippen LogP contribution in [0.1, 0.15) is 12.8 Å². The molecular weight excluding hydrogens is 294 g/mol. The first kappa shape index (κ1) is 11.4. The van der Waals surface area contributed by atoms with Gasteiger partial charge in [0.05, 0.1) is 6.20 Å². The Morgan fingerprint density at radius 1 is 1.28 bits per heavy atom. The average molecular weight is 306 g/mol. The van der Waals surface area contributed by atoms with Crippen LogP contribution < -0.4 is 10.6 Å². The van der Waals surface area contributed by atoms with E-state index in [1.807, 2.05) is 24.3 Å². The van der Waals surface area contributed by atoms with E-state index in [0.29, 0.717) is 17.8 Å². The zero-order chi connectivity index (χ0) is 12.4. The summed E-state index contributed by atoms with van der Waals surface area (Å²) in [6.45, 7) is 0. The molecule has 1 aromatic heterocycles. The standard InChI is InChI=1S/C12H12BrN5/c13-8-2-1-3-10(6-8)15-11-7-14-18-12(17-11)16-9-4-5-9/h1-3,6-7,9H,4-5H2,(H2,15,16,17,18). The van der Waals surface area contributed by atoms with Gasteiger partial charge in [0.15, 0.2) is 5.82 Å². The molecule has 2 aromatic rings. The minimum Gasteiger partial charge on any atom is -0.350 e. The highest BCUT2D eigenvalue weighted by Gasteiger charge is 2.22. The number of nitrogens with one attached hydrogen (secondary N) is 2. The van der Waals surface area contributed by atoms with E-state index < -0.39 is 0 Å². The Morgan fingerprint density at radius 3 is 2.94 bits per heavy atom. The largest absolute Gasteiger partial charge is 0.350 e. The lowest BCUT2D eigenvalue weighted by Gasteiger charge is -2.07. The summed E-state index contributed by atoms with van der Waals surface area (Å²) in [5, 5.41) is 14.3. The third-order valence-corrected chi connectivity index (χ3v) is 3.06. The van der Waals surface area contributed by atoms with Gasteiger partial charge in [-0.15, -0.1) is 5.10 Å². The van der Waals surface area contributed by atoms with Gasteiger partial charge in [0.1, 0.15) is 0 Å². The van der Waals surface area contributed by atoms with Crippen LogP contribution in [-0.4, -0.2) is 21.2 Å². The summed E-state index contributed by atoms with van der Waals surface area (Å²) in [5.41, 5.74) is 0.960. The van der Waals surface area contributed by atoms with E-state index in [9.17, 15) is 0 Å². The van der Waals surface area contributed by atoms with Crippen molar-refractivity contribution in [2.24, 2.45) is 0 Å². The van der Waals surface area contributed by atoms with Crippen LogP contribution in [0.2, 0.25) is 0 Å². The Labute approximate surface area is 113 Å². The summed E-state index contributed by atoms with van der Waals surface area (Å²) in [6, 6.07) is 8.41. The van der Waals surface area contributed by atoms with E-state index in [-0.39, 0.29) is 0 Å². The molecule has 2 N–H and O–H groups in total. The first-order valence-electron chi connectivity index (χ1n) is 5.78. The molecule has 1 fully saturated rings. The fourth-order valence-electron chi connectivity index (χ4n) is 1.55. The van der Waals surface area contributed by atoms with E-state index in [2.05, 4.69) is 41.7 Å². The second-order valence-electron chi connectivity index (χ2n) is 4.22. The van der Waals surface area contributed by atoms with Crippen LogP contribution >= 0.6 is 15.9 Å². The van der Waals surface area contributed by atoms with Crippen molar-refractivity contribution in [1.82, 2.24) is 15.2 Å². The number of benzene rings is 1. The maximum Gasteiger partial charge on any atom is 0.244 e. The van der Waals surface area contributed by atoms with E-state index in [4.69, 9.17) is 0 Å². The number of aromatic nitrogens is 3. The average Bonchev–Trinajstić information content (AvgIpc) is 3.13. The predicted octanol–water partition coefficient (Wildman–Crippen LogP) is 2.95. The molecule has 0 atom stereocenters. The SMILES string of the molecule is Brc1cccc(Nc2cnnc(NC3CC3)n2)c1. The molecule has 5 nitrogen and oxygen atoms in total. The van der Waals surface area contributed by atoms with Crippen LogP contribution in [-0.2, 0) is 0 Å². The molecule has 92 valence electrons. The first-order valence-corrected chi connectivity index (χ1v) is 6.58. The molecule has 1 aliphatic carbocycles. The second kappa shape index (κ2) is 4.89. The molecule has 18 heavy (non-hydrogen) atoms. The van der Waals surface area contributed by atoms with Gasteiger partial charge in [-0.05, 0) is 31.0 Å². The van der Waals surface area contributed by atoms with Gasteiger partial charge in [0.2, 0.25) is 5.95 Å². The lowest BCUT2D eigenvalue weighted by molar-refractivity contribution is 0.947. The summed E-state index contributed by atoms with van der Waals surface area (Å²) in [4.78, 5) is 4.37. The van der Waals surface area contributed by atoms with Gasteiger partial charge < -0.3 is 10.6 Å². The molecule has 1 aromatic carbocycles. The van der Waals surface area contributed by atoms with E-state index in [0.717, 1.165) is 10.2 Å². The van der Waals surface area contributed by atoms with E-state index in [1.165, 1.54) is 12.8 Å². The Kier molecular flexibility index (Phi) is 3.10. The molecule has 0 radical (unpaired) electrons. The summed E-state index contributed by atoms with van der Waals surface area (Å²) >= 11 is 3.43. The van der Waals surface area contributed by atoms with Crippen molar-refractivity contribution in [1.29, 1.82) is 0 Å². The minimum absolute atomic E-state index is 0.521. The van der Waals surface area contributed by atoms with Crippen LogP contribution in [0, 0.1) is 0 Å². The lowest BCUT2D eigenvalue weighted by atomic mass is 10.3. The Balaban J connectivity index is 1.75. The summed E-state index contributed by atoms with van der Waals surface area (Å²) in [7, 11) is 0. The third kappa shape index (κ3) is 2.95. The highest BCUT2D eigenvalue weighted by molar-refractivity contribution is 9.10. The van der Waals surface area contributed by atoms with Gasteiger partial charge in [0, 0.05) is 16.2 Å². The Bertz CT molecular complexity index is 556. The second-order valence-corrected chi connectivity index (χ2v) is 5.13. The fraction of sp³-hybridized carbons (Fsp3) is 0.250. The van der Waals surface area contributed by atoms with Crippen molar-refractivity contribution in [2.75, 3.05) is 10.6 Å². The molecule has 1 aliphatic rings. The van der Waals surface area contributed by atoms with Crippen LogP contribution in [0.3, 0.4) is 0 Å². The summed E-state index contributed by atoms with van der Waals surface area (Å²) in [6.07, 6.45) is 3.98. The predicted molar refractivity (Wildman–Crippen MR) is 73.9 cm³/mol. The molecule has 6 heteroatoms. The number of nitrogens with zero attached hydrogens (tertiary/aromatic N) is 3. The van der Waals surface area contributed by atoms with E-state index in [1.54, 1.807) is 6.20 Å². The number of anilines is 3. The third-order valence-electron chi connectivity index (χ3n) is 2.57. The highest BCUT2D eigenvalue weighted by atomic mass is 79.9. The quantitative estimate of drug-likeness (QED) is 0.909. The molecule has 3 rings (SSSR count). The number of halogens is 1. The monoisotopic (exact) mass is 305 g/mol. The molecule has 0 unspecified atom stereocenters. The number of hydrogen-bond donors (Lipinski definition) is 2. The highest BCUT2D eigenvalue weighted by Crippen LogP contribution is 2.23. The van der Waals surface area contributed by atoms with Crippen molar-refractivity contribution in [3.05, 3.63) is 34.9 Å². The molecule has 0 aliphatic heterocycles. The van der Waals surface area contributed by atoms with Gasteiger partial charge in [0.25, 0.3) is 0 Å². The van der Waals surface area contributed by atoms with Crippen molar-refractivity contribution in [3.8, 4) is 0 Å². The molecule has 1 heterocycles. The first-order chi connectivity index (χ1) is 8.79. The Morgan fingerprint density at radius 2 is 2.17 bits per heavy atom. The number of hydrogen-bond acceptors (Lipinski definition) is 5. The smallest absolute Gasteiger partial charge is 0.244 e. The van der Waals surface area contributed by atoms with Crippen molar-refractivity contribution in [3.63, 3.8) is 0 Å². The maximum absolute atomic E-state index is 4.37. The molecule has 0 spiro atoms. The number of rotatable bonds is 4. The van der Waals surface area contributed by atoms with Crippen molar-refractivity contribution < 1.29 is 0 Å². The summed E-state index contributed by atoms with van der Waals surface area (Å²) in [5.74, 6) is 1.27. The molecule has 0 amide bonds. The van der Waals surface area contributed by atoms with Gasteiger partial charge in [-0.1, -0.05) is 22.0 Å². The van der Waals surface area contributed by atoms with Gasteiger partial charge in [-0.2, -0.15) is 10.1 Å². The molecule has 0 bridgehead atoms. The molecule has 1 saturated carbocycles. The van der Waals surface area contributed by atoms with Crippen LogP contribution in [0.25, 0.3) is 0 Å². The fourth-order valence-corrected chi connectivity index (χ4v) is 1.95. The van der Waals surface area contributed by atoms with Crippen molar-refractivity contribution in [2.45, 2.75) is 18.9 Å². The van der Waals surface area contributed by atoms with Crippen LogP contribution in [0.4, 0.5) is 17.5 Å². The minimum atomic E-state index is 0.521. The van der Waals surface area contributed by atoms with E-state index >= 15 is 0 Å². The molecule has 0 saturated heterocycles. The molecular formula is C12H12BrN5. The van der Waals surface area contributed by atoms with Crippen molar-refractivity contribution >= 4 is 33.4 Å². The van der Waals surface area contributed by atoms with Gasteiger partial charge in [-0.3, -0.25) is 0 Å². The van der Waals surface area contributed by atoms with Gasteiger partial charge in [-0.25, -0.2) is 0 Å². The van der Waals surface area contributed by atoms with Crippen LogP contribution in [0.15, 0.2) is 34.9 Å². The zero-order valence-electron chi connectivity index (χ0n) is 9.60. The maximum atomic E-state index is 4.37.